The highest BCUT2D eigenvalue weighted by atomic mass is 32.2. The number of hydrogen-bond donors (Lipinski definition) is 3. The molecule has 1 aliphatic rings. The SMILES string of the molecule is CSc1cccc(NC(=O)NCCN2CCCCC2CO)c1. The molecular formula is C16H25N3O2S. The Kier molecular flexibility index (Phi) is 7.02. The molecule has 5 nitrogen and oxygen atoms in total. The number of nitrogens with one attached hydrogen (secondary N) is 2. The molecular weight excluding hydrogens is 298 g/mol. The maximum atomic E-state index is 11.9. The number of urea groups is 1. The summed E-state index contributed by atoms with van der Waals surface area (Å²) in [5.41, 5.74) is 0.801. The highest BCUT2D eigenvalue weighted by molar-refractivity contribution is 7.98. The van der Waals surface area contributed by atoms with Crippen molar-refractivity contribution in [1.29, 1.82) is 0 Å². The molecule has 1 heterocycles. The van der Waals surface area contributed by atoms with Gasteiger partial charge in [-0.05, 0) is 43.8 Å². The molecule has 2 rings (SSSR count). The quantitative estimate of drug-likeness (QED) is 0.703. The first-order valence-corrected chi connectivity index (χ1v) is 8.99. The zero-order valence-electron chi connectivity index (χ0n) is 13.0. The number of carbonyl (C=O) groups excluding carboxylic acids is 1. The van der Waals surface area contributed by atoms with Crippen LogP contribution in [0.3, 0.4) is 0 Å². The van der Waals surface area contributed by atoms with Gasteiger partial charge >= 0.3 is 6.03 Å². The Morgan fingerprint density at radius 1 is 1.45 bits per heavy atom. The average Bonchev–Trinajstić information content (AvgIpc) is 2.55. The number of aliphatic hydroxyl groups is 1. The van der Waals surface area contributed by atoms with Crippen LogP contribution in [-0.4, -0.2) is 54.6 Å². The van der Waals surface area contributed by atoms with Crippen molar-refractivity contribution in [2.24, 2.45) is 0 Å². The number of anilines is 1. The van der Waals surface area contributed by atoms with Gasteiger partial charge in [-0.15, -0.1) is 11.8 Å². The van der Waals surface area contributed by atoms with E-state index in [1.54, 1.807) is 11.8 Å². The second-order valence-corrected chi connectivity index (χ2v) is 6.36. The molecule has 0 aliphatic carbocycles. The number of thioether (sulfide) groups is 1. The monoisotopic (exact) mass is 323 g/mol. The first-order valence-electron chi connectivity index (χ1n) is 7.76. The lowest BCUT2D eigenvalue weighted by Gasteiger charge is -2.34. The molecule has 22 heavy (non-hydrogen) atoms. The first-order chi connectivity index (χ1) is 10.7. The van der Waals surface area contributed by atoms with Gasteiger partial charge in [-0.2, -0.15) is 0 Å². The Morgan fingerprint density at radius 2 is 2.32 bits per heavy atom. The molecule has 1 aliphatic heterocycles. The van der Waals surface area contributed by atoms with Gasteiger partial charge < -0.3 is 15.7 Å². The van der Waals surface area contributed by atoms with Gasteiger partial charge in [0.2, 0.25) is 0 Å². The standard InChI is InChI=1S/C16H25N3O2S/c1-22-15-7-4-5-13(11-15)18-16(21)17-8-10-19-9-3-2-6-14(19)12-20/h4-5,7,11,14,20H,2-3,6,8-10,12H2,1H3,(H2,17,18,21). The van der Waals surface area contributed by atoms with Gasteiger partial charge in [-0.3, -0.25) is 4.90 Å². The normalized spacial score (nSPS) is 18.9. The van der Waals surface area contributed by atoms with Gasteiger partial charge in [0, 0.05) is 29.7 Å². The molecule has 1 aromatic carbocycles. The summed E-state index contributed by atoms with van der Waals surface area (Å²) in [6, 6.07) is 7.84. The number of nitrogens with zero attached hydrogens (tertiary/aromatic N) is 1. The van der Waals surface area contributed by atoms with E-state index in [0.717, 1.165) is 30.1 Å². The number of carbonyl (C=O) groups is 1. The van der Waals surface area contributed by atoms with Crippen LogP contribution in [0.5, 0.6) is 0 Å². The van der Waals surface area contributed by atoms with Gasteiger partial charge in [0.15, 0.2) is 0 Å². The molecule has 1 aromatic rings. The molecule has 1 atom stereocenters. The van der Waals surface area contributed by atoms with Crippen molar-refractivity contribution in [2.45, 2.75) is 30.2 Å². The molecule has 0 saturated carbocycles. The maximum absolute atomic E-state index is 11.9. The number of aliphatic hydroxyl groups excluding tert-OH is 1. The molecule has 2 amide bonds. The summed E-state index contributed by atoms with van der Waals surface area (Å²) in [5, 5.41) is 15.1. The van der Waals surface area contributed by atoms with Crippen LogP contribution in [0.25, 0.3) is 0 Å². The van der Waals surface area contributed by atoms with Gasteiger partial charge in [0.1, 0.15) is 0 Å². The van der Waals surface area contributed by atoms with Crippen LogP contribution in [0.2, 0.25) is 0 Å². The second-order valence-electron chi connectivity index (χ2n) is 5.48. The van der Waals surface area contributed by atoms with Crippen LogP contribution in [0.15, 0.2) is 29.2 Å². The molecule has 3 N–H and O–H groups in total. The van der Waals surface area contributed by atoms with Crippen molar-refractivity contribution >= 4 is 23.5 Å². The summed E-state index contributed by atoms with van der Waals surface area (Å²) in [4.78, 5) is 15.3. The number of hydrogen-bond acceptors (Lipinski definition) is 4. The lowest BCUT2D eigenvalue weighted by Crippen LogP contribution is -2.46. The smallest absolute Gasteiger partial charge is 0.319 e. The molecule has 122 valence electrons. The number of benzene rings is 1. The molecule has 0 bridgehead atoms. The van der Waals surface area contributed by atoms with E-state index >= 15 is 0 Å². The largest absolute Gasteiger partial charge is 0.395 e. The Morgan fingerprint density at radius 3 is 3.09 bits per heavy atom. The molecule has 1 unspecified atom stereocenters. The van der Waals surface area contributed by atoms with E-state index < -0.39 is 0 Å². The number of likely N-dealkylation sites (tertiary alicyclic amines) is 1. The van der Waals surface area contributed by atoms with E-state index in [1.807, 2.05) is 30.5 Å². The minimum absolute atomic E-state index is 0.184. The fourth-order valence-electron chi connectivity index (χ4n) is 2.75. The predicted octanol–water partition coefficient (Wildman–Crippen LogP) is 2.38. The van der Waals surface area contributed by atoms with Crippen molar-refractivity contribution in [1.82, 2.24) is 10.2 Å². The lowest BCUT2D eigenvalue weighted by molar-refractivity contribution is 0.0917. The molecule has 1 saturated heterocycles. The highest BCUT2D eigenvalue weighted by Gasteiger charge is 2.20. The van der Waals surface area contributed by atoms with Crippen LogP contribution in [0.1, 0.15) is 19.3 Å². The van der Waals surface area contributed by atoms with Crippen LogP contribution in [0, 0.1) is 0 Å². The number of rotatable bonds is 6. The third-order valence-corrected chi connectivity index (χ3v) is 4.70. The Hall–Kier alpha value is -1.24. The molecule has 1 fully saturated rings. The number of amides is 2. The van der Waals surface area contributed by atoms with Crippen LogP contribution in [0.4, 0.5) is 10.5 Å². The van der Waals surface area contributed by atoms with Gasteiger partial charge in [0.05, 0.1) is 6.61 Å². The summed E-state index contributed by atoms with van der Waals surface area (Å²) < 4.78 is 0. The Bertz CT molecular complexity index is 484. The summed E-state index contributed by atoms with van der Waals surface area (Å²) in [6.45, 7) is 2.58. The minimum Gasteiger partial charge on any atom is -0.395 e. The van der Waals surface area contributed by atoms with Crippen molar-refractivity contribution in [3.63, 3.8) is 0 Å². The zero-order chi connectivity index (χ0) is 15.8. The summed E-state index contributed by atoms with van der Waals surface area (Å²) in [7, 11) is 0. The molecule has 0 aromatic heterocycles. The highest BCUT2D eigenvalue weighted by Crippen LogP contribution is 2.19. The van der Waals surface area contributed by atoms with E-state index in [-0.39, 0.29) is 18.7 Å². The van der Waals surface area contributed by atoms with Crippen molar-refractivity contribution in [3.05, 3.63) is 24.3 Å². The predicted molar refractivity (Wildman–Crippen MR) is 91.5 cm³/mol. The fourth-order valence-corrected chi connectivity index (χ4v) is 3.21. The van der Waals surface area contributed by atoms with E-state index in [0.29, 0.717) is 6.54 Å². The van der Waals surface area contributed by atoms with Crippen LogP contribution < -0.4 is 10.6 Å². The van der Waals surface area contributed by atoms with Crippen LogP contribution in [-0.2, 0) is 0 Å². The fraction of sp³-hybridized carbons (Fsp3) is 0.562. The summed E-state index contributed by atoms with van der Waals surface area (Å²) in [5.74, 6) is 0. The topological polar surface area (TPSA) is 64.6 Å². The minimum atomic E-state index is -0.184. The van der Waals surface area contributed by atoms with Crippen LogP contribution >= 0.6 is 11.8 Å². The summed E-state index contributed by atoms with van der Waals surface area (Å²) in [6.07, 6.45) is 5.41. The third-order valence-electron chi connectivity index (χ3n) is 3.97. The van der Waals surface area contributed by atoms with Gasteiger partial charge in [0.25, 0.3) is 0 Å². The summed E-state index contributed by atoms with van der Waals surface area (Å²) >= 11 is 1.65. The molecule has 0 radical (unpaired) electrons. The lowest BCUT2D eigenvalue weighted by atomic mass is 10.0. The van der Waals surface area contributed by atoms with Crippen molar-refractivity contribution < 1.29 is 9.90 Å². The molecule has 6 heteroatoms. The van der Waals surface area contributed by atoms with E-state index in [2.05, 4.69) is 15.5 Å². The van der Waals surface area contributed by atoms with Crippen molar-refractivity contribution in [3.8, 4) is 0 Å². The third kappa shape index (κ3) is 5.19. The Labute approximate surface area is 136 Å². The number of piperidine rings is 1. The van der Waals surface area contributed by atoms with E-state index in [9.17, 15) is 9.90 Å². The van der Waals surface area contributed by atoms with Gasteiger partial charge in [-0.1, -0.05) is 12.5 Å². The van der Waals surface area contributed by atoms with E-state index in [1.165, 1.54) is 12.8 Å². The average molecular weight is 323 g/mol. The Balaban J connectivity index is 1.73. The first kappa shape index (κ1) is 17.1. The van der Waals surface area contributed by atoms with E-state index in [4.69, 9.17) is 0 Å². The second kappa shape index (κ2) is 9.02. The zero-order valence-corrected chi connectivity index (χ0v) is 13.9. The molecule has 0 spiro atoms. The van der Waals surface area contributed by atoms with Gasteiger partial charge in [-0.25, -0.2) is 4.79 Å². The maximum Gasteiger partial charge on any atom is 0.319 e. The van der Waals surface area contributed by atoms with Crippen molar-refractivity contribution in [2.75, 3.05) is 37.8 Å².